The molecule has 1 aromatic heterocycles. The van der Waals surface area contributed by atoms with Crippen LogP contribution in [0.3, 0.4) is 0 Å². The number of thiophene rings is 1. The summed E-state index contributed by atoms with van der Waals surface area (Å²) >= 11 is 1.57. The van der Waals surface area contributed by atoms with Crippen LogP contribution in [0.25, 0.3) is 0 Å². The molecule has 0 saturated carbocycles. The Hall–Kier alpha value is -2.74. The summed E-state index contributed by atoms with van der Waals surface area (Å²) in [5.74, 6) is 0.573. The number of rotatable bonds is 9. The van der Waals surface area contributed by atoms with Gasteiger partial charge in [-0.1, -0.05) is 6.07 Å². The molecule has 0 unspecified atom stereocenters. The summed E-state index contributed by atoms with van der Waals surface area (Å²) in [5, 5.41) is 1.95. The zero-order valence-corrected chi connectivity index (χ0v) is 16.6. The van der Waals surface area contributed by atoms with Crippen molar-refractivity contribution in [2.75, 3.05) is 35.0 Å². The molecule has 0 saturated heterocycles. The van der Waals surface area contributed by atoms with E-state index in [4.69, 9.17) is 18.9 Å². The molecule has 0 spiro atoms. The molecule has 27 heavy (non-hydrogen) atoms. The Bertz CT molecular complexity index is 750. The summed E-state index contributed by atoms with van der Waals surface area (Å²) in [6.07, 6.45) is -0.0152. The van der Waals surface area contributed by atoms with Crippen molar-refractivity contribution in [3.63, 3.8) is 0 Å². The first kappa shape index (κ1) is 20.6. The van der Waals surface area contributed by atoms with Crippen LogP contribution in [0.2, 0.25) is 0 Å². The zero-order chi connectivity index (χ0) is 19.8. The first-order valence-electron chi connectivity index (χ1n) is 8.19. The van der Waals surface area contributed by atoms with Crippen molar-refractivity contribution in [2.24, 2.45) is 0 Å². The van der Waals surface area contributed by atoms with Crippen LogP contribution in [0.15, 0.2) is 29.6 Å². The number of ether oxygens (including phenoxy) is 4. The second kappa shape index (κ2) is 9.82. The molecule has 0 aliphatic heterocycles. The number of carbonyl (C=O) groups is 2. The number of hydrogen-bond donors (Lipinski definition) is 0. The first-order chi connectivity index (χ1) is 13.0. The third kappa shape index (κ3) is 5.62. The minimum atomic E-state index is -0.512. The molecule has 8 heteroatoms. The number of amides is 1. The number of carbonyl (C=O) groups excluding carboxylic acids is 2. The van der Waals surface area contributed by atoms with Crippen molar-refractivity contribution in [1.29, 1.82) is 0 Å². The van der Waals surface area contributed by atoms with E-state index in [-0.39, 0.29) is 18.9 Å². The lowest BCUT2D eigenvalue weighted by Gasteiger charge is -2.16. The number of methoxy groups -OCH3 is 3. The minimum Gasteiger partial charge on any atom is -0.493 e. The van der Waals surface area contributed by atoms with Gasteiger partial charge in [0.2, 0.25) is 5.75 Å². The third-order valence-electron chi connectivity index (χ3n) is 3.83. The topological polar surface area (TPSA) is 74.3 Å². The van der Waals surface area contributed by atoms with Crippen molar-refractivity contribution in [3.8, 4) is 17.2 Å². The molecule has 7 nitrogen and oxygen atoms in total. The van der Waals surface area contributed by atoms with Gasteiger partial charge >= 0.3 is 5.97 Å². The highest BCUT2D eigenvalue weighted by molar-refractivity contribution is 7.09. The molecule has 0 atom stereocenters. The maximum absolute atomic E-state index is 12.1. The van der Waals surface area contributed by atoms with Crippen LogP contribution >= 0.6 is 11.3 Å². The molecule has 0 aliphatic carbocycles. The highest BCUT2D eigenvalue weighted by atomic mass is 32.1. The van der Waals surface area contributed by atoms with Crippen molar-refractivity contribution in [2.45, 2.75) is 13.0 Å². The van der Waals surface area contributed by atoms with Gasteiger partial charge in [0, 0.05) is 11.9 Å². The number of likely N-dealkylation sites (N-methyl/N-ethyl adjacent to an activating group) is 1. The Morgan fingerprint density at radius 1 is 1.07 bits per heavy atom. The summed E-state index contributed by atoms with van der Waals surface area (Å²) in [6.45, 7) is 0.187. The van der Waals surface area contributed by atoms with E-state index in [9.17, 15) is 9.59 Å². The van der Waals surface area contributed by atoms with Gasteiger partial charge in [0.15, 0.2) is 18.1 Å². The first-order valence-corrected chi connectivity index (χ1v) is 9.07. The normalized spacial score (nSPS) is 10.2. The fraction of sp³-hybridized carbons (Fsp3) is 0.368. The van der Waals surface area contributed by atoms with Gasteiger partial charge in [-0.3, -0.25) is 9.59 Å². The smallest absolute Gasteiger partial charge is 0.310 e. The lowest BCUT2D eigenvalue weighted by Crippen LogP contribution is -2.30. The summed E-state index contributed by atoms with van der Waals surface area (Å²) < 4.78 is 20.9. The van der Waals surface area contributed by atoms with Crippen molar-refractivity contribution < 1.29 is 28.5 Å². The fourth-order valence-electron chi connectivity index (χ4n) is 2.43. The minimum absolute atomic E-state index is 0.0152. The van der Waals surface area contributed by atoms with Crippen LogP contribution < -0.4 is 14.2 Å². The number of hydrogen-bond acceptors (Lipinski definition) is 7. The Morgan fingerprint density at radius 3 is 2.26 bits per heavy atom. The molecule has 0 fully saturated rings. The molecule has 0 aliphatic rings. The zero-order valence-electron chi connectivity index (χ0n) is 15.8. The maximum atomic E-state index is 12.1. The molecule has 2 rings (SSSR count). The molecule has 2 aromatic rings. The van der Waals surface area contributed by atoms with Gasteiger partial charge in [0.05, 0.1) is 34.3 Å². The van der Waals surface area contributed by atoms with Crippen LogP contribution in [0.1, 0.15) is 10.4 Å². The van der Waals surface area contributed by atoms with Crippen LogP contribution in [-0.4, -0.2) is 51.8 Å². The highest BCUT2D eigenvalue weighted by Crippen LogP contribution is 2.38. The van der Waals surface area contributed by atoms with Gasteiger partial charge in [0.25, 0.3) is 5.91 Å². The molecule has 1 aromatic carbocycles. The van der Waals surface area contributed by atoms with Gasteiger partial charge in [-0.15, -0.1) is 11.3 Å². The third-order valence-corrected chi connectivity index (χ3v) is 4.69. The average Bonchev–Trinajstić information content (AvgIpc) is 3.18. The number of nitrogens with zero attached hydrogens (tertiary/aromatic N) is 1. The summed E-state index contributed by atoms with van der Waals surface area (Å²) in [5.41, 5.74) is 0.633. The van der Waals surface area contributed by atoms with E-state index < -0.39 is 5.97 Å². The van der Waals surface area contributed by atoms with Crippen molar-refractivity contribution in [3.05, 3.63) is 40.1 Å². The monoisotopic (exact) mass is 393 g/mol. The van der Waals surface area contributed by atoms with E-state index in [1.165, 1.54) is 26.2 Å². The van der Waals surface area contributed by atoms with Crippen LogP contribution in [0, 0.1) is 0 Å². The van der Waals surface area contributed by atoms with Gasteiger partial charge < -0.3 is 23.8 Å². The van der Waals surface area contributed by atoms with E-state index >= 15 is 0 Å². The van der Waals surface area contributed by atoms with Gasteiger partial charge in [-0.2, -0.15) is 0 Å². The van der Waals surface area contributed by atoms with Gasteiger partial charge in [-0.25, -0.2) is 0 Å². The van der Waals surface area contributed by atoms with Crippen LogP contribution in [0.5, 0.6) is 17.2 Å². The van der Waals surface area contributed by atoms with E-state index in [1.54, 1.807) is 30.5 Å². The predicted octanol–water partition coefficient (Wildman–Crippen LogP) is 2.52. The second-order valence-corrected chi connectivity index (χ2v) is 6.73. The van der Waals surface area contributed by atoms with Crippen LogP contribution in [-0.2, 0) is 27.3 Å². The molecule has 1 amide bonds. The Labute approximate surface area is 162 Å². The van der Waals surface area contributed by atoms with Gasteiger partial charge in [-0.05, 0) is 29.1 Å². The predicted molar refractivity (Wildman–Crippen MR) is 102 cm³/mol. The second-order valence-electron chi connectivity index (χ2n) is 5.70. The summed E-state index contributed by atoms with van der Waals surface area (Å²) in [7, 11) is 6.19. The lowest BCUT2D eigenvalue weighted by atomic mass is 10.1. The molecular formula is C19H23NO6S. The SMILES string of the molecule is COc1cc(CC(=O)OCC(=O)N(C)Cc2cccs2)cc(OC)c1OC. The largest absolute Gasteiger partial charge is 0.493 e. The van der Waals surface area contributed by atoms with Crippen molar-refractivity contribution in [1.82, 2.24) is 4.90 Å². The Morgan fingerprint density at radius 2 is 1.74 bits per heavy atom. The van der Waals surface area contributed by atoms with E-state index in [0.29, 0.717) is 29.4 Å². The van der Waals surface area contributed by atoms with Crippen LogP contribution in [0.4, 0.5) is 0 Å². The van der Waals surface area contributed by atoms with E-state index in [0.717, 1.165) is 4.88 Å². The summed E-state index contributed by atoms with van der Waals surface area (Å²) in [4.78, 5) is 26.8. The van der Waals surface area contributed by atoms with Gasteiger partial charge in [0.1, 0.15) is 0 Å². The van der Waals surface area contributed by atoms with E-state index in [1.807, 2.05) is 17.5 Å². The number of benzene rings is 1. The van der Waals surface area contributed by atoms with E-state index in [2.05, 4.69) is 0 Å². The molecule has 146 valence electrons. The molecule has 0 bridgehead atoms. The Kier molecular flexibility index (Phi) is 7.48. The summed E-state index contributed by atoms with van der Waals surface area (Å²) in [6, 6.07) is 7.22. The Balaban J connectivity index is 1.92. The molecule has 0 radical (unpaired) electrons. The fourth-order valence-corrected chi connectivity index (χ4v) is 3.19. The molecule has 1 heterocycles. The molecule has 0 N–H and O–H groups in total. The maximum Gasteiger partial charge on any atom is 0.310 e. The quantitative estimate of drug-likeness (QED) is 0.610. The molecular weight excluding hydrogens is 370 g/mol. The highest BCUT2D eigenvalue weighted by Gasteiger charge is 2.17. The number of esters is 1. The average molecular weight is 393 g/mol. The standard InChI is InChI=1S/C19H23NO6S/c1-20(11-14-6-5-7-27-14)17(21)12-26-18(22)10-13-8-15(23-2)19(25-4)16(9-13)24-3/h5-9H,10-12H2,1-4H3. The van der Waals surface area contributed by atoms with Crippen molar-refractivity contribution >= 4 is 23.2 Å². The lowest BCUT2D eigenvalue weighted by molar-refractivity contribution is -0.151.